The number of nitrogens with one attached hydrogen (secondary N) is 1. The molecule has 28 heavy (non-hydrogen) atoms. The minimum absolute atomic E-state index is 0.209. The van der Waals surface area contributed by atoms with Gasteiger partial charge in [0.05, 0.1) is 12.8 Å². The van der Waals surface area contributed by atoms with Crippen LogP contribution in [0.1, 0.15) is 54.7 Å². The Balaban J connectivity index is 1.20. The van der Waals surface area contributed by atoms with Crippen molar-refractivity contribution in [2.45, 2.75) is 57.8 Å². The van der Waals surface area contributed by atoms with Gasteiger partial charge < -0.3 is 20.9 Å². The molecule has 5 nitrogen and oxygen atoms in total. The maximum absolute atomic E-state index is 9.63. The molecule has 1 aromatic heterocycles. The highest BCUT2D eigenvalue weighted by molar-refractivity contribution is 7.15. The van der Waals surface area contributed by atoms with Gasteiger partial charge in [-0.05, 0) is 88.1 Å². The van der Waals surface area contributed by atoms with Crippen LogP contribution in [-0.2, 0) is 19.3 Å². The first-order valence-electron chi connectivity index (χ1n) is 10.5. The molecule has 6 heteroatoms. The van der Waals surface area contributed by atoms with Gasteiger partial charge in [-0.15, -0.1) is 11.3 Å². The molecule has 2 aromatic rings. The summed E-state index contributed by atoms with van der Waals surface area (Å²) >= 11 is 1.68. The maximum atomic E-state index is 9.63. The van der Waals surface area contributed by atoms with Crippen molar-refractivity contribution in [3.8, 4) is 11.5 Å². The van der Waals surface area contributed by atoms with Gasteiger partial charge in [-0.2, -0.15) is 0 Å². The van der Waals surface area contributed by atoms with Gasteiger partial charge in [0.1, 0.15) is 0 Å². The summed E-state index contributed by atoms with van der Waals surface area (Å²) in [6.45, 7) is 2.21. The number of unbranched alkanes of at least 4 members (excludes halogenated alkanes) is 2. The van der Waals surface area contributed by atoms with Crippen LogP contribution in [0.15, 0.2) is 18.2 Å². The Labute approximate surface area is 172 Å². The van der Waals surface area contributed by atoms with E-state index in [9.17, 15) is 5.11 Å². The number of benzene rings is 1. The Morgan fingerprint density at radius 3 is 2.96 bits per heavy atom. The van der Waals surface area contributed by atoms with Gasteiger partial charge in [-0.1, -0.05) is 12.5 Å². The SMILES string of the molecule is COc1cc(CCCCCNCCC[C@H]2CCc3nc(N)sc3C2)ccc1O. The highest BCUT2D eigenvalue weighted by Gasteiger charge is 2.21. The maximum Gasteiger partial charge on any atom is 0.180 e. The number of nitrogen functional groups attached to an aromatic ring is 1. The summed E-state index contributed by atoms with van der Waals surface area (Å²) in [7, 11) is 1.59. The number of aromatic nitrogens is 1. The summed E-state index contributed by atoms with van der Waals surface area (Å²) in [4.78, 5) is 5.85. The number of hydrogen-bond acceptors (Lipinski definition) is 6. The smallest absolute Gasteiger partial charge is 0.180 e. The first kappa shape index (κ1) is 20.9. The van der Waals surface area contributed by atoms with E-state index >= 15 is 0 Å². The molecule has 1 atom stereocenters. The van der Waals surface area contributed by atoms with Crippen LogP contribution in [0.2, 0.25) is 0 Å². The molecule has 1 heterocycles. The lowest BCUT2D eigenvalue weighted by atomic mass is 9.88. The number of aryl methyl sites for hydroxylation is 2. The molecule has 0 unspecified atom stereocenters. The number of phenols is 1. The quantitative estimate of drug-likeness (QED) is 0.487. The van der Waals surface area contributed by atoms with Crippen LogP contribution in [-0.4, -0.2) is 30.3 Å². The van der Waals surface area contributed by atoms with Gasteiger partial charge in [-0.25, -0.2) is 4.98 Å². The van der Waals surface area contributed by atoms with Crippen molar-refractivity contribution in [3.63, 3.8) is 0 Å². The zero-order valence-corrected chi connectivity index (χ0v) is 17.7. The van der Waals surface area contributed by atoms with Gasteiger partial charge in [0.2, 0.25) is 0 Å². The predicted octanol–water partition coefficient (Wildman–Crippen LogP) is 4.33. The average molecular weight is 404 g/mol. The van der Waals surface area contributed by atoms with Gasteiger partial charge in [0.15, 0.2) is 16.6 Å². The Hall–Kier alpha value is -1.79. The number of fused-ring (bicyclic) bond motifs is 1. The van der Waals surface area contributed by atoms with Gasteiger partial charge >= 0.3 is 0 Å². The van der Waals surface area contributed by atoms with Crippen molar-refractivity contribution < 1.29 is 9.84 Å². The Morgan fingerprint density at radius 2 is 2.11 bits per heavy atom. The molecule has 0 aliphatic heterocycles. The topological polar surface area (TPSA) is 80.4 Å². The van der Waals surface area contributed by atoms with E-state index in [4.69, 9.17) is 10.5 Å². The van der Waals surface area contributed by atoms with E-state index in [2.05, 4.69) is 10.3 Å². The first-order chi connectivity index (χ1) is 13.7. The third kappa shape index (κ3) is 6.11. The number of hydrogen-bond donors (Lipinski definition) is 3. The van der Waals surface area contributed by atoms with Crippen LogP contribution < -0.4 is 15.8 Å². The highest BCUT2D eigenvalue weighted by Crippen LogP contribution is 2.32. The monoisotopic (exact) mass is 403 g/mol. The number of phenolic OH excluding ortho intramolecular Hbond substituents is 1. The van der Waals surface area contributed by atoms with Crippen LogP contribution in [0.25, 0.3) is 0 Å². The van der Waals surface area contributed by atoms with Crippen LogP contribution in [0.5, 0.6) is 11.5 Å². The summed E-state index contributed by atoms with van der Waals surface area (Å²) in [5, 5.41) is 14.0. The molecule has 154 valence electrons. The summed E-state index contributed by atoms with van der Waals surface area (Å²) in [6, 6.07) is 5.63. The Bertz CT molecular complexity index is 747. The summed E-state index contributed by atoms with van der Waals surface area (Å²) < 4.78 is 5.16. The summed E-state index contributed by atoms with van der Waals surface area (Å²) in [5.41, 5.74) is 8.30. The number of ether oxygens (including phenoxy) is 1. The molecule has 0 bridgehead atoms. The van der Waals surface area contributed by atoms with Gasteiger partial charge in [0, 0.05) is 4.88 Å². The molecule has 0 saturated heterocycles. The number of thiazole rings is 1. The average Bonchev–Trinajstić information content (AvgIpc) is 3.07. The molecule has 0 radical (unpaired) electrons. The van der Waals surface area contributed by atoms with Crippen molar-refractivity contribution in [2.24, 2.45) is 5.92 Å². The highest BCUT2D eigenvalue weighted by atomic mass is 32.1. The van der Waals surface area contributed by atoms with Crippen LogP contribution >= 0.6 is 11.3 Å². The second-order valence-corrected chi connectivity index (χ2v) is 8.86. The molecule has 0 spiro atoms. The second-order valence-electron chi connectivity index (χ2n) is 7.74. The van der Waals surface area contributed by atoms with Crippen molar-refractivity contribution >= 4 is 16.5 Å². The number of aromatic hydroxyl groups is 1. The van der Waals surface area contributed by atoms with Crippen molar-refractivity contribution in [2.75, 3.05) is 25.9 Å². The molecular weight excluding hydrogens is 370 g/mol. The molecule has 0 fully saturated rings. The van der Waals surface area contributed by atoms with Crippen molar-refractivity contribution in [1.82, 2.24) is 10.3 Å². The summed E-state index contributed by atoms with van der Waals surface area (Å²) in [6.07, 6.45) is 10.7. The Kier molecular flexibility index (Phi) is 7.98. The summed E-state index contributed by atoms with van der Waals surface area (Å²) in [5.74, 6) is 1.57. The Morgan fingerprint density at radius 1 is 1.25 bits per heavy atom. The van der Waals surface area contributed by atoms with E-state index in [1.165, 1.54) is 54.7 Å². The fourth-order valence-electron chi connectivity index (χ4n) is 3.98. The fourth-order valence-corrected chi connectivity index (χ4v) is 4.98. The van der Waals surface area contributed by atoms with Crippen LogP contribution in [0, 0.1) is 5.92 Å². The molecule has 1 aliphatic carbocycles. The molecule has 1 aromatic carbocycles. The number of methoxy groups -OCH3 is 1. The third-order valence-electron chi connectivity index (χ3n) is 5.59. The number of nitrogens with zero attached hydrogens (tertiary/aromatic N) is 1. The van der Waals surface area contributed by atoms with E-state index in [1.807, 2.05) is 12.1 Å². The normalized spacial score (nSPS) is 16.1. The van der Waals surface area contributed by atoms with E-state index in [0.717, 1.165) is 43.4 Å². The fraction of sp³-hybridized carbons (Fsp3) is 0.591. The molecule has 1 aliphatic rings. The molecular formula is C22H33N3O2S. The van der Waals surface area contributed by atoms with E-state index in [0.29, 0.717) is 5.75 Å². The largest absolute Gasteiger partial charge is 0.504 e. The molecule has 0 amide bonds. The van der Waals surface area contributed by atoms with Crippen molar-refractivity contribution in [1.29, 1.82) is 0 Å². The predicted molar refractivity (Wildman–Crippen MR) is 116 cm³/mol. The lowest BCUT2D eigenvalue weighted by molar-refractivity contribution is 0.373. The number of rotatable bonds is 11. The number of nitrogens with two attached hydrogens (primary N) is 1. The molecule has 4 N–H and O–H groups in total. The molecule has 3 rings (SSSR count). The lowest BCUT2D eigenvalue weighted by Crippen LogP contribution is -2.19. The van der Waals surface area contributed by atoms with E-state index in [-0.39, 0.29) is 5.75 Å². The zero-order chi connectivity index (χ0) is 19.8. The van der Waals surface area contributed by atoms with Crippen LogP contribution in [0.4, 0.5) is 5.13 Å². The molecule has 0 saturated carbocycles. The van der Waals surface area contributed by atoms with Gasteiger partial charge in [-0.3, -0.25) is 0 Å². The first-order valence-corrected chi connectivity index (χ1v) is 11.3. The second kappa shape index (κ2) is 10.7. The zero-order valence-electron chi connectivity index (χ0n) is 16.9. The standard InChI is InChI=1S/C22H33N3O2S/c1-27-20-14-16(9-11-19(20)26)6-3-2-4-12-24-13-5-7-17-8-10-18-21(15-17)28-22(23)25-18/h9,11,14,17,24,26H,2-8,10,12-13,15H2,1H3,(H2,23,25)/t17-/m0/s1. The number of anilines is 1. The minimum Gasteiger partial charge on any atom is -0.504 e. The van der Waals surface area contributed by atoms with E-state index in [1.54, 1.807) is 24.5 Å². The van der Waals surface area contributed by atoms with Gasteiger partial charge in [0.25, 0.3) is 0 Å². The lowest BCUT2D eigenvalue weighted by Gasteiger charge is -2.20. The van der Waals surface area contributed by atoms with Crippen LogP contribution in [0.3, 0.4) is 0 Å². The minimum atomic E-state index is 0.209. The third-order valence-corrected chi connectivity index (χ3v) is 6.54. The van der Waals surface area contributed by atoms with Crippen molar-refractivity contribution in [3.05, 3.63) is 34.3 Å². The van der Waals surface area contributed by atoms with E-state index < -0.39 is 0 Å².